The Kier molecular flexibility index (Phi) is 3.21. The Labute approximate surface area is 103 Å². The van der Waals surface area contributed by atoms with Crippen molar-refractivity contribution in [3.8, 4) is 0 Å². The molecule has 0 aromatic carbocycles. The third kappa shape index (κ3) is 2.47. The van der Waals surface area contributed by atoms with E-state index in [2.05, 4.69) is 0 Å². The highest BCUT2D eigenvalue weighted by atomic mass is 16.5. The van der Waals surface area contributed by atoms with Crippen molar-refractivity contribution in [1.82, 2.24) is 4.90 Å². The largest absolute Gasteiger partial charge is 0.381 e. The second-order valence-electron chi connectivity index (χ2n) is 6.66. The van der Waals surface area contributed by atoms with Crippen LogP contribution in [-0.4, -0.2) is 43.2 Å². The number of carbonyl (C=O) groups is 1. The summed E-state index contributed by atoms with van der Waals surface area (Å²) in [6.45, 7) is 9.36. The third-order valence-corrected chi connectivity index (χ3v) is 4.13. The Hall–Kier alpha value is -0.610. The lowest BCUT2D eigenvalue weighted by atomic mass is 9.85. The van der Waals surface area contributed by atoms with Crippen molar-refractivity contribution in [3.05, 3.63) is 0 Å². The van der Waals surface area contributed by atoms with Crippen molar-refractivity contribution in [3.63, 3.8) is 0 Å². The van der Waals surface area contributed by atoms with Gasteiger partial charge in [-0.25, -0.2) is 0 Å². The van der Waals surface area contributed by atoms with E-state index in [0.717, 1.165) is 39.1 Å². The monoisotopic (exact) mass is 240 g/mol. The molecule has 0 saturated carbocycles. The highest BCUT2D eigenvalue weighted by Gasteiger charge is 2.44. The molecule has 2 N–H and O–H groups in total. The average Bonchev–Trinajstić information content (AvgIpc) is 2.86. The van der Waals surface area contributed by atoms with Crippen LogP contribution in [0, 0.1) is 10.8 Å². The summed E-state index contributed by atoms with van der Waals surface area (Å²) in [5, 5.41) is 0. The summed E-state index contributed by atoms with van der Waals surface area (Å²) in [5.41, 5.74) is 6.10. The molecule has 0 aliphatic carbocycles. The summed E-state index contributed by atoms with van der Waals surface area (Å²) in [7, 11) is 0. The van der Waals surface area contributed by atoms with Gasteiger partial charge in [0.2, 0.25) is 5.91 Å². The van der Waals surface area contributed by atoms with Crippen LogP contribution < -0.4 is 5.73 Å². The van der Waals surface area contributed by atoms with Gasteiger partial charge in [-0.15, -0.1) is 0 Å². The fraction of sp³-hybridized carbons (Fsp3) is 0.923. The van der Waals surface area contributed by atoms with Crippen LogP contribution in [0.1, 0.15) is 33.6 Å². The van der Waals surface area contributed by atoms with Crippen LogP contribution >= 0.6 is 0 Å². The molecule has 2 aliphatic heterocycles. The molecule has 2 aliphatic rings. The maximum Gasteiger partial charge on any atom is 0.240 e. The molecule has 1 spiro atoms. The minimum absolute atomic E-state index is 0.0984. The molecule has 4 heteroatoms. The lowest BCUT2D eigenvalue weighted by Crippen LogP contribution is -2.50. The zero-order valence-electron chi connectivity index (χ0n) is 11.2. The van der Waals surface area contributed by atoms with E-state index >= 15 is 0 Å². The van der Waals surface area contributed by atoms with Crippen LogP contribution in [0.25, 0.3) is 0 Å². The van der Waals surface area contributed by atoms with E-state index in [-0.39, 0.29) is 16.7 Å². The van der Waals surface area contributed by atoms with Crippen LogP contribution in [0.3, 0.4) is 0 Å². The van der Waals surface area contributed by atoms with E-state index in [1.54, 1.807) is 0 Å². The minimum atomic E-state index is -0.403. The van der Waals surface area contributed by atoms with Gasteiger partial charge in [0.05, 0.1) is 12.6 Å². The van der Waals surface area contributed by atoms with Gasteiger partial charge in [-0.2, -0.15) is 0 Å². The van der Waals surface area contributed by atoms with Gasteiger partial charge in [0.25, 0.3) is 0 Å². The number of nitrogens with zero attached hydrogens (tertiary/aromatic N) is 1. The molecule has 2 saturated heterocycles. The standard InChI is InChI=1S/C13H24N2O2/c1-12(2,3)10(14)11(16)15-6-4-13(8-15)5-7-17-9-13/h10H,4-9,14H2,1-3H3/t10-,13+/m1/s1. The highest BCUT2D eigenvalue weighted by molar-refractivity contribution is 5.82. The summed E-state index contributed by atoms with van der Waals surface area (Å²) < 4.78 is 5.47. The second-order valence-corrected chi connectivity index (χ2v) is 6.66. The number of hydrogen-bond acceptors (Lipinski definition) is 3. The Balaban J connectivity index is 1.99. The first-order chi connectivity index (χ1) is 7.84. The van der Waals surface area contributed by atoms with Crippen LogP contribution in [0.4, 0.5) is 0 Å². The molecule has 2 atom stereocenters. The molecule has 2 fully saturated rings. The first kappa shape index (κ1) is 12.8. The van der Waals surface area contributed by atoms with Gasteiger partial charge in [-0.3, -0.25) is 4.79 Å². The van der Waals surface area contributed by atoms with E-state index in [1.807, 2.05) is 25.7 Å². The first-order valence-corrected chi connectivity index (χ1v) is 6.46. The fourth-order valence-corrected chi connectivity index (χ4v) is 2.66. The van der Waals surface area contributed by atoms with Crippen LogP contribution in [0.2, 0.25) is 0 Å². The third-order valence-electron chi connectivity index (χ3n) is 4.13. The van der Waals surface area contributed by atoms with Crippen LogP contribution in [0.15, 0.2) is 0 Å². The van der Waals surface area contributed by atoms with Crippen molar-refractivity contribution >= 4 is 5.91 Å². The smallest absolute Gasteiger partial charge is 0.240 e. The highest BCUT2D eigenvalue weighted by Crippen LogP contribution is 2.38. The molecule has 0 radical (unpaired) electrons. The number of rotatable bonds is 1. The molecule has 17 heavy (non-hydrogen) atoms. The molecular formula is C13H24N2O2. The summed E-state index contributed by atoms with van der Waals surface area (Å²) in [6, 6.07) is -0.403. The molecule has 0 bridgehead atoms. The van der Waals surface area contributed by atoms with Crippen molar-refractivity contribution < 1.29 is 9.53 Å². The lowest BCUT2D eigenvalue weighted by Gasteiger charge is -2.30. The second kappa shape index (κ2) is 4.25. The summed E-state index contributed by atoms with van der Waals surface area (Å²) in [6.07, 6.45) is 2.15. The van der Waals surface area contributed by atoms with Gasteiger partial charge in [0.15, 0.2) is 0 Å². The van der Waals surface area contributed by atoms with Gasteiger partial charge in [0.1, 0.15) is 0 Å². The molecular weight excluding hydrogens is 216 g/mol. The molecule has 2 heterocycles. The normalized spacial score (nSPS) is 31.2. The summed E-state index contributed by atoms with van der Waals surface area (Å²) >= 11 is 0. The zero-order valence-corrected chi connectivity index (χ0v) is 11.2. The maximum atomic E-state index is 12.3. The number of amides is 1. The Morgan fingerprint density at radius 3 is 2.65 bits per heavy atom. The van der Waals surface area contributed by atoms with E-state index in [0.29, 0.717) is 0 Å². The Morgan fingerprint density at radius 2 is 2.12 bits per heavy atom. The minimum Gasteiger partial charge on any atom is -0.381 e. The average molecular weight is 240 g/mol. The molecule has 4 nitrogen and oxygen atoms in total. The van der Waals surface area contributed by atoms with E-state index in [9.17, 15) is 4.79 Å². The summed E-state index contributed by atoms with van der Waals surface area (Å²) in [4.78, 5) is 14.2. The first-order valence-electron chi connectivity index (χ1n) is 6.46. The predicted molar refractivity (Wildman–Crippen MR) is 66.5 cm³/mol. The Bertz CT molecular complexity index is 303. The molecule has 0 unspecified atom stereocenters. The quantitative estimate of drug-likeness (QED) is 0.744. The number of hydrogen-bond donors (Lipinski definition) is 1. The van der Waals surface area contributed by atoms with Gasteiger partial charge in [0, 0.05) is 25.1 Å². The lowest BCUT2D eigenvalue weighted by molar-refractivity contribution is -0.134. The van der Waals surface area contributed by atoms with E-state index in [1.165, 1.54) is 0 Å². The number of nitrogens with two attached hydrogens (primary N) is 1. The van der Waals surface area contributed by atoms with Gasteiger partial charge in [-0.1, -0.05) is 20.8 Å². The topological polar surface area (TPSA) is 55.6 Å². The van der Waals surface area contributed by atoms with E-state index in [4.69, 9.17) is 10.5 Å². The molecule has 0 aromatic heterocycles. The fourth-order valence-electron chi connectivity index (χ4n) is 2.66. The zero-order chi connectivity index (χ0) is 12.7. The molecule has 2 rings (SSSR count). The van der Waals surface area contributed by atoms with Crippen LogP contribution in [0.5, 0.6) is 0 Å². The van der Waals surface area contributed by atoms with Crippen molar-refractivity contribution in [2.24, 2.45) is 16.6 Å². The number of ether oxygens (including phenoxy) is 1. The van der Waals surface area contributed by atoms with Crippen LogP contribution in [-0.2, 0) is 9.53 Å². The SMILES string of the molecule is CC(C)(C)[C@H](N)C(=O)N1CC[C@]2(CCOC2)C1. The molecule has 98 valence electrons. The number of likely N-dealkylation sites (tertiary alicyclic amines) is 1. The number of carbonyl (C=O) groups excluding carboxylic acids is 1. The van der Waals surface area contributed by atoms with Crippen molar-refractivity contribution in [2.45, 2.75) is 39.7 Å². The van der Waals surface area contributed by atoms with E-state index < -0.39 is 6.04 Å². The molecule has 0 aromatic rings. The van der Waals surface area contributed by atoms with Crippen molar-refractivity contribution in [1.29, 1.82) is 0 Å². The summed E-state index contributed by atoms with van der Waals surface area (Å²) in [5.74, 6) is 0.0984. The molecule has 1 amide bonds. The Morgan fingerprint density at radius 1 is 1.41 bits per heavy atom. The maximum absolute atomic E-state index is 12.3. The van der Waals surface area contributed by atoms with Gasteiger partial charge < -0.3 is 15.4 Å². The van der Waals surface area contributed by atoms with Gasteiger partial charge >= 0.3 is 0 Å². The van der Waals surface area contributed by atoms with Gasteiger partial charge in [-0.05, 0) is 18.3 Å². The van der Waals surface area contributed by atoms with Crippen molar-refractivity contribution in [2.75, 3.05) is 26.3 Å². The predicted octanol–water partition coefficient (Wildman–Crippen LogP) is 0.999.